The van der Waals surface area contributed by atoms with Crippen LogP contribution in [0.3, 0.4) is 0 Å². The Morgan fingerprint density at radius 3 is 2.58 bits per heavy atom. The van der Waals surface area contributed by atoms with E-state index in [1.54, 1.807) is 47.7 Å². The molecule has 2 rings (SSSR count). The van der Waals surface area contributed by atoms with E-state index in [1.807, 2.05) is 0 Å². The SMILES string of the molecule is Cc1cc(OCC(=O)Nc2ccc(I)cc2C(F)(F)F)ccc1Cl. The molecule has 0 saturated heterocycles. The van der Waals surface area contributed by atoms with Crippen LogP contribution in [0.1, 0.15) is 11.1 Å². The van der Waals surface area contributed by atoms with Crippen molar-refractivity contribution in [1.82, 2.24) is 0 Å². The molecule has 24 heavy (non-hydrogen) atoms. The standard InChI is InChI=1S/C16H12ClF3INO2/c1-9-6-11(3-4-13(9)17)24-8-15(23)22-14-5-2-10(21)7-12(14)16(18,19)20/h2-7H,8H2,1H3,(H,22,23). The summed E-state index contributed by atoms with van der Waals surface area (Å²) in [6.07, 6.45) is -4.56. The van der Waals surface area contributed by atoms with Crippen LogP contribution in [0, 0.1) is 10.5 Å². The van der Waals surface area contributed by atoms with E-state index < -0.39 is 24.3 Å². The number of rotatable bonds is 4. The molecule has 0 unspecified atom stereocenters. The summed E-state index contributed by atoms with van der Waals surface area (Å²) < 4.78 is 44.7. The quantitative estimate of drug-likeness (QED) is 0.618. The molecule has 0 aliphatic carbocycles. The van der Waals surface area contributed by atoms with Gasteiger partial charge in [0.05, 0.1) is 11.3 Å². The molecule has 0 aliphatic heterocycles. The van der Waals surface area contributed by atoms with Crippen LogP contribution in [-0.2, 0) is 11.0 Å². The normalized spacial score (nSPS) is 11.2. The number of halogens is 5. The maximum absolute atomic E-state index is 13.0. The average Bonchev–Trinajstić information content (AvgIpc) is 2.49. The molecular formula is C16H12ClF3INO2. The van der Waals surface area contributed by atoms with E-state index in [2.05, 4.69) is 5.32 Å². The fourth-order valence-electron chi connectivity index (χ4n) is 1.90. The van der Waals surface area contributed by atoms with Crippen molar-refractivity contribution in [1.29, 1.82) is 0 Å². The van der Waals surface area contributed by atoms with Gasteiger partial charge in [0.1, 0.15) is 5.75 Å². The number of anilines is 1. The van der Waals surface area contributed by atoms with E-state index in [0.29, 0.717) is 14.3 Å². The lowest BCUT2D eigenvalue weighted by atomic mass is 10.1. The lowest BCUT2D eigenvalue weighted by molar-refractivity contribution is -0.137. The Labute approximate surface area is 155 Å². The van der Waals surface area contributed by atoms with Crippen LogP contribution in [-0.4, -0.2) is 12.5 Å². The lowest BCUT2D eigenvalue weighted by Gasteiger charge is -2.14. The zero-order chi connectivity index (χ0) is 17.9. The minimum Gasteiger partial charge on any atom is -0.484 e. The fourth-order valence-corrected chi connectivity index (χ4v) is 2.51. The summed E-state index contributed by atoms with van der Waals surface area (Å²) in [7, 11) is 0. The Balaban J connectivity index is 2.06. The van der Waals surface area contributed by atoms with E-state index in [9.17, 15) is 18.0 Å². The Kier molecular flexibility index (Phi) is 5.97. The topological polar surface area (TPSA) is 38.3 Å². The van der Waals surface area contributed by atoms with Crippen molar-refractivity contribution in [2.45, 2.75) is 13.1 Å². The molecule has 0 heterocycles. The number of hydrogen-bond acceptors (Lipinski definition) is 2. The first-order valence-electron chi connectivity index (χ1n) is 6.72. The zero-order valence-electron chi connectivity index (χ0n) is 12.4. The maximum Gasteiger partial charge on any atom is 0.418 e. The summed E-state index contributed by atoms with van der Waals surface area (Å²) in [6, 6.07) is 8.50. The molecule has 128 valence electrons. The second kappa shape index (κ2) is 7.60. The first-order valence-corrected chi connectivity index (χ1v) is 8.18. The third-order valence-electron chi connectivity index (χ3n) is 3.06. The smallest absolute Gasteiger partial charge is 0.418 e. The third kappa shape index (κ3) is 5.01. The Morgan fingerprint density at radius 2 is 1.96 bits per heavy atom. The first kappa shape index (κ1) is 18.9. The predicted octanol–water partition coefficient (Wildman–Crippen LogP) is 5.29. The van der Waals surface area contributed by atoms with Crippen LogP contribution in [0.5, 0.6) is 5.75 Å². The molecule has 3 nitrogen and oxygen atoms in total. The van der Waals surface area contributed by atoms with Crippen LogP contribution in [0.15, 0.2) is 36.4 Å². The predicted molar refractivity (Wildman–Crippen MR) is 94.5 cm³/mol. The summed E-state index contributed by atoms with van der Waals surface area (Å²) in [4.78, 5) is 11.9. The van der Waals surface area contributed by atoms with Crippen molar-refractivity contribution in [2.75, 3.05) is 11.9 Å². The van der Waals surface area contributed by atoms with Gasteiger partial charge in [0.2, 0.25) is 0 Å². The lowest BCUT2D eigenvalue weighted by Crippen LogP contribution is -2.22. The summed E-state index contributed by atoms with van der Waals surface area (Å²) in [6.45, 7) is 1.36. The van der Waals surface area contributed by atoms with Gasteiger partial charge in [-0.25, -0.2) is 0 Å². The fraction of sp³-hybridized carbons (Fsp3) is 0.188. The van der Waals surface area contributed by atoms with Crippen molar-refractivity contribution in [2.24, 2.45) is 0 Å². The molecule has 0 radical (unpaired) electrons. The highest BCUT2D eigenvalue weighted by Gasteiger charge is 2.34. The number of nitrogens with one attached hydrogen (secondary N) is 1. The van der Waals surface area contributed by atoms with Crippen molar-refractivity contribution >= 4 is 45.8 Å². The molecule has 2 aromatic rings. The highest BCUT2D eigenvalue weighted by Crippen LogP contribution is 2.35. The molecule has 1 amide bonds. The van der Waals surface area contributed by atoms with Crippen molar-refractivity contribution in [3.05, 3.63) is 56.1 Å². The number of alkyl halides is 3. The Bertz CT molecular complexity index is 765. The van der Waals surface area contributed by atoms with Gasteiger partial charge in [-0.3, -0.25) is 4.79 Å². The number of carbonyl (C=O) groups is 1. The molecule has 0 fully saturated rings. The Morgan fingerprint density at radius 1 is 1.25 bits per heavy atom. The van der Waals surface area contributed by atoms with Crippen molar-refractivity contribution in [3.8, 4) is 5.75 Å². The summed E-state index contributed by atoms with van der Waals surface area (Å²) in [5.41, 5.74) is -0.430. The number of aryl methyl sites for hydroxylation is 1. The third-order valence-corrected chi connectivity index (χ3v) is 4.16. The molecule has 8 heteroatoms. The number of hydrogen-bond donors (Lipinski definition) is 1. The van der Waals surface area contributed by atoms with Gasteiger partial charge in [0, 0.05) is 8.59 Å². The summed E-state index contributed by atoms with van der Waals surface area (Å²) in [5.74, 6) is -0.278. The van der Waals surface area contributed by atoms with E-state index in [4.69, 9.17) is 16.3 Å². The zero-order valence-corrected chi connectivity index (χ0v) is 15.3. The van der Waals surface area contributed by atoms with E-state index in [-0.39, 0.29) is 5.69 Å². The monoisotopic (exact) mass is 469 g/mol. The number of carbonyl (C=O) groups excluding carboxylic acids is 1. The van der Waals surface area contributed by atoms with Crippen LogP contribution >= 0.6 is 34.2 Å². The number of amides is 1. The minimum atomic E-state index is -4.56. The van der Waals surface area contributed by atoms with Crippen LogP contribution in [0.25, 0.3) is 0 Å². The van der Waals surface area contributed by atoms with Gasteiger partial charge in [-0.05, 0) is 71.5 Å². The highest BCUT2D eigenvalue weighted by atomic mass is 127. The maximum atomic E-state index is 13.0. The van der Waals surface area contributed by atoms with Crippen LogP contribution in [0.4, 0.5) is 18.9 Å². The number of benzene rings is 2. The largest absolute Gasteiger partial charge is 0.484 e. The highest BCUT2D eigenvalue weighted by molar-refractivity contribution is 14.1. The van der Waals surface area contributed by atoms with Gasteiger partial charge in [-0.2, -0.15) is 13.2 Å². The van der Waals surface area contributed by atoms with Gasteiger partial charge in [-0.15, -0.1) is 0 Å². The van der Waals surface area contributed by atoms with Crippen LogP contribution in [0.2, 0.25) is 5.02 Å². The Hall–Kier alpha value is -1.48. The molecule has 0 saturated carbocycles. The second-order valence-electron chi connectivity index (χ2n) is 4.94. The average molecular weight is 470 g/mol. The van der Waals surface area contributed by atoms with Gasteiger partial charge in [-0.1, -0.05) is 11.6 Å². The molecule has 0 aromatic heterocycles. The number of ether oxygens (including phenoxy) is 1. The van der Waals surface area contributed by atoms with E-state index in [0.717, 1.165) is 11.6 Å². The van der Waals surface area contributed by atoms with Crippen molar-refractivity contribution in [3.63, 3.8) is 0 Å². The van der Waals surface area contributed by atoms with E-state index in [1.165, 1.54) is 12.1 Å². The second-order valence-corrected chi connectivity index (χ2v) is 6.59. The van der Waals surface area contributed by atoms with Gasteiger partial charge in [0.25, 0.3) is 5.91 Å². The minimum absolute atomic E-state index is 0.302. The summed E-state index contributed by atoms with van der Waals surface area (Å²) in [5, 5.41) is 2.78. The van der Waals surface area contributed by atoms with Gasteiger partial charge in [0.15, 0.2) is 6.61 Å². The molecule has 0 aliphatic rings. The molecule has 0 atom stereocenters. The van der Waals surface area contributed by atoms with E-state index >= 15 is 0 Å². The molecule has 2 aromatic carbocycles. The summed E-state index contributed by atoms with van der Waals surface area (Å²) >= 11 is 7.66. The molecular weight excluding hydrogens is 458 g/mol. The van der Waals surface area contributed by atoms with Gasteiger partial charge >= 0.3 is 6.18 Å². The van der Waals surface area contributed by atoms with Crippen molar-refractivity contribution < 1.29 is 22.7 Å². The van der Waals surface area contributed by atoms with Crippen LogP contribution < -0.4 is 10.1 Å². The molecule has 1 N–H and O–H groups in total. The molecule has 0 spiro atoms. The molecule has 0 bridgehead atoms. The first-order chi connectivity index (χ1) is 11.2. The van der Waals surface area contributed by atoms with Gasteiger partial charge < -0.3 is 10.1 Å².